The summed E-state index contributed by atoms with van der Waals surface area (Å²) in [5.74, 6) is -1.58. The van der Waals surface area contributed by atoms with Gasteiger partial charge in [0.1, 0.15) is 0 Å². The van der Waals surface area contributed by atoms with E-state index in [2.05, 4.69) is 5.32 Å². The van der Waals surface area contributed by atoms with Crippen LogP contribution in [0.2, 0.25) is 0 Å². The van der Waals surface area contributed by atoms with Crippen molar-refractivity contribution in [3.05, 3.63) is 24.3 Å². The average molecular weight is 225 g/mol. The molecule has 80 valence electrons. The summed E-state index contributed by atoms with van der Waals surface area (Å²) in [5, 5.41) is 10.7. The van der Waals surface area contributed by atoms with Crippen molar-refractivity contribution in [3.8, 4) is 0 Å². The normalized spacial score (nSPS) is 9.67. The number of rotatable bonds is 3. The Morgan fingerprint density at radius 1 is 1.47 bits per heavy atom. The van der Waals surface area contributed by atoms with Gasteiger partial charge in [-0.1, -0.05) is 13.0 Å². The minimum absolute atomic E-state index is 0.501. The monoisotopic (exact) mass is 225 g/mol. The molecule has 0 radical (unpaired) electrons. The molecule has 1 amide bonds. The molecule has 0 heterocycles. The van der Waals surface area contributed by atoms with Gasteiger partial charge >= 0.3 is 11.9 Å². The van der Waals surface area contributed by atoms with Crippen molar-refractivity contribution in [2.75, 3.05) is 11.1 Å². The van der Waals surface area contributed by atoms with Gasteiger partial charge in [-0.15, -0.1) is 11.8 Å². The van der Waals surface area contributed by atoms with E-state index in [4.69, 9.17) is 5.11 Å². The van der Waals surface area contributed by atoms with E-state index in [9.17, 15) is 9.59 Å². The van der Waals surface area contributed by atoms with E-state index in [0.29, 0.717) is 5.69 Å². The summed E-state index contributed by atoms with van der Waals surface area (Å²) < 4.78 is 0. The zero-order valence-corrected chi connectivity index (χ0v) is 9.00. The topological polar surface area (TPSA) is 66.4 Å². The highest BCUT2D eigenvalue weighted by molar-refractivity contribution is 7.99. The molecular formula is C10H11NO3S. The number of carboxylic acid groups (broad SMARTS) is 1. The zero-order chi connectivity index (χ0) is 11.3. The first-order chi connectivity index (χ1) is 7.13. The molecule has 0 unspecified atom stereocenters. The van der Waals surface area contributed by atoms with Crippen LogP contribution >= 0.6 is 11.8 Å². The maximum atomic E-state index is 10.9. The summed E-state index contributed by atoms with van der Waals surface area (Å²) >= 11 is 1.63. The van der Waals surface area contributed by atoms with Crippen molar-refractivity contribution >= 4 is 29.3 Å². The second kappa shape index (κ2) is 5.41. The predicted molar refractivity (Wildman–Crippen MR) is 59.1 cm³/mol. The van der Waals surface area contributed by atoms with Crippen LogP contribution in [0.15, 0.2) is 29.2 Å². The molecule has 1 rings (SSSR count). The molecule has 0 saturated carbocycles. The van der Waals surface area contributed by atoms with Crippen LogP contribution < -0.4 is 5.32 Å². The van der Waals surface area contributed by atoms with Crippen LogP contribution in [-0.4, -0.2) is 22.7 Å². The maximum absolute atomic E-state index is 10.9. The number of aliphatic carboxylic acids is 1. The Labute approximate surface area is 91.7 Å². The molecule has 0 aliphatic heterocycles. The fourth-order valence-corrected chi connectivity index (χ4v) is 1.73. The Bertz CT molecular complexity index is 379. The molecule has 2 N–H and O–H groups in total. The second-order valence-electron chi connectivity index (χ2n) is 2.72. The molecule has 4 nitrogen and oxygen atoms in total. The van der Waals surface area contributed by atoms with Crippen LogP contribution in [0.4, 0.5) is 5.69 Å². The fourth-order valence-electron chi connectivity index (χ4n) is 1.01. The summed E-state index contributed by atoms with van der Waals surface area (Å²) in [5.41, 5.74) is 0.501. The van der Waals surface area contributed by atoms with E-state index in [1.165, 1.54) is 0 Å². The lowest BCUT2D eigenvalue weighted by molar-refractivity contribution is -0.147. The van der Waals surface area contributed by atoms with Gasteiger partial charge in [0.05, 0.1) is 0 Å². The van der Waals surface area contributed by atoms with Crippen molar-refractivity contribution in [1.82, 2.24) is 0 Å². The molecule has 1 aromatic carbocycles. The standard InChI is InChI=1S/C10H11NO3S/c1-2-15-8-5-3-4-7(6-8)11-9(12)10(13)14/h3-6H,2H2,1H3,(H,11,12)(H,13,14). The largest absolute Gasteiger partial charge is 0.474 e. The molecule has 0 atom stereocenters. The number of hydrogen-bond acceptors (Lipinski definition) is 3. The third-order valence-electron chi connectivity index (χ3n) is 1.60. The van der Waals surface area contributed by atoms with E-state index in [0.717, 1.165) is 10.6 Å². The van der Waals surface area contributed by atoms with Gasteiger partial charge in [-0.05, 0) is 24.0 Å². The first kappa shape index (κ1) is 11.6. The number of hydrogen-bond donors (Lipinski definition) is 2. The molecule has 0 aliphatic carbocycles. The summed E-state index contributed by atoms with van der Waals surface area (Å²) in [6.07, 6.45) is 0. The van der Waals surface area contributed by atoms with Crippen LogP contribution in [0.25, 0.3) is 0 Å². The molecule has 0 spiro atoms. The van der Waals surface area contributed by atoms with Gasteiger partial charge < -0.3 is 10.4 Å². The van der Waals surface area contributed by atoms with Gasteiger partial charge in [-0.3, -0.25) is 4.79 Å². The van der Waals surface area contributed by atoms with Gasteiger partial charge in [0, 0.05) is 10.6 Å². The second-order valence-corrected chi connectivity index (χ2v) is 4.06. The Morgan fingerprint density at radius 2 is 2.20 bits per heavy atom. The lowest BCUT2D eigenvalue weighted by atomic mass is 10.3. The maximum Gasteiger partial charge on any atom is 0.394 e. The van der Waals surface area contributed by atoms with Crippen LogP contribution in [0.1, 0.15) is 6.92 Å². The van der Waals surface area contributed by atoms with Crippen LogP contribution in [-0.2, 0) is 9.59 Å². The number of carbonyl (C=O) groups is 2. The van der Waals surface area contributed by atoms with Crippen molar-refractivity contribution in [3.63, 3.8) is 0 Å². The number of amides is 1. The quantitative estimate of drug-likeness (QED) is 0.608. The van der Waals surface area contributed by atoms with E-state index in [-0.39, 0.29) is 0 Å². The molecule has 0 aromatic heterocycles. The molecule has 5 heteroatoms. The first-order valence-corrected chi connectivity index (χ1v) is 5.39. The smallest absolute Gasteiger partial charge is 0.394 e. The summed E-state index contributed by atoms with van der Waals surface area (Å²) in [4.78, 5) is 22.2. The van der Waals surface area contributed by atoms with Gasteiger partial charge in [-0.25, -0.2) is 4.79 Å². The third-order valence-corrected chi connectivity index (χ3v) is 2.47. The minimum Gasteiger partial charge on any atom is -0.474 e. The number of carboxylic acids is 1. The first-order valence-electron chi connectivity index (χ1n) is 4.40. The molecule has 15 heavy (non-hydrogen) atoms. The SMILES string of the molecule is CCSc1cccc(NC(=O)C(=O)O)c1. The minimum atomic E-state index is -1.48. The number of nitrogens with one attached hydrogen (secondary N) is 1. The fraction of sp³-hybridized carbons (Fsp3) is 0.200. The van der Waals surface area contributed by atoms with Crippen molar-refractivity contribution in [2.45, 2.75) is 11.8 Å². The van der Waals surface area contributed by atoms with E-state index in [1.807, 2.05) is 13.0 Å². The Balaban J connectivity index is 2.73. The van der Waals surface area contributed by atoms with Gasteiger partial charge in [0.15, 0.2) is 0 Å². The highest BCUT2D eigenvalue weighted by Crippen LogP contribution is 2.20. The van der Waals surface area contributed by atoms with Crippen LogP contribution in [0, 0.1) is 0 Å². The third kappa shape index (κ3) is 3.63. The highest BCUT2D eigenvalue weighted by Gasteiger charge is 2.10. The summed E-state index contributed by atoms with van der Waals surface area (Å²) in [6, 6.07) is 7.08. The molecular weight excluding hydrogens is 214 g/mol. The summed E-state index contributed by atoms with van der Waals surface area (Å²) in [6.45, 7) is 2.02. The van der Waals surface area contributed by atoms with Gasteiger partial charge in [0.25, 0.3) is 0 Å². The predicted octanol–water partition coefficient (Wildman–Crippen LogP) is 1.82. The van der Waals surface area contributed by atoms with E-state index < -0.39 is 11.9 Å². The molecule has 0 aliphatic rings. The average Bonchev–Trinajstić information content (AvgIpc) is 2.18. The van der Waals surface area contributed by atoms with Crippen molar-refractivity contribution in [2.24, 2.45) is 0 Å². The molecule has 1 aromatic rings. The number of thioether (sulfide) groups is 1. The van der Waals surface area contributed by atoms with E-state index >= 15 is 0 Å². The number of benzene rings is 1. The number of carbonyl (C=O) groups excluding carboxylic acids is 1. The highest BCUT2D eigenvalue weighted by atomic mass is 32.2. The van der Waals surface area contributed by atoms with Crippen molar-refractivity contribution < 1.29 is 14.7 Å². The van der Waals surface area contributed by atoms with Gasteiger partial charge in [-0.2, -0.15) is 0 Å². The lowest BCUT2D eigenvalue weighted by Gasteiger charge is -2.04. The lowest BCUT2D eigenvalue weighted by Crippen LogP contribution is -2.21. The van der Waals surface area contributed by atoms with Gasteiger partial charge in [0.2, 0.25) is 0 Å². The zero-order valence-electron chi connectivity index (χ0n) is 8.19. The Hall–Kier alpha value is -1.49. The molecule has 0 fully saturated rings. The Kier molecular flexibility index (Phi) is 4.17. The summed E-state index contributed by atoms with van der Waals surface area (Å²) in [7, 11) is 0. The molecule has 0 saturated heterocycles. The Morgan fingerprint density at radius 3 is 2.80 bits per heavy atom. The van der Waals surface area contributed by atoms with Crippen molar-refractivity contribution in [1.29, 1.82) is 0 Å². The molecule has 0 bridgehead atoms. The van der Waals surface area contributed by atoms with Crippen LogP contribution in [0.5, 0.6) is 0 Å². The van der Waals surface area contributed by atoms with E-state index in [1.54, 1.807) is 30.0 Å². The van der Waals surface area contributed by atoms with Crippen LogP contribution in [0.3, 0.4) is 0 Å². The number of anilines is 1.